The maximum absolute atomic E-state index is 12.4. The molecule has 0 fully saturated rings. The van der Waals surface area contributed by atoms with Gasteiger partial charge in [0.25, 0.3) is 5.56 Å². The summed E-state index contributed by atoms with van der Waals surface area (Å²) >= 11 is 1.42. The smallest absolute Gasteiger partial charge is 0.407 e. The van der Waals surface area contributed by atoms with Gasteiger partial charge in [0.15, 0.2) is 0 Å². The maximum atomic E-state index is 12.4. The fourth-order valence-corrected chi connectivity index (χ4v) is 4.82. The molecule has 154 valence electrons. The van der Waals surface area contributed by atoms with Crippen LogP contribution in [0, 0.1) is 0 Å². The van der Waals surface area contributed by atoms with Gasteiger partial charge in [-0.05, 0) is 41.1 Å². The molecule has 0 spiro atoms. The molecule has 2 heterocycles. The number of carboxylic acid groups (broad SMARTS) is 1. The van der Waals surface area contributed by atoms with Crippen molar-refractivity contribution in [3.8, 4) is 16.9 Å². The standard InChI is InChI=1S/C23H22N2O4S/c1-4-17(25(2)23(27)28)13-5-7-14(8-6-13)19-18(29-3)10-9-16-20(19)15-11-12-30-21(15)22(26)24-16/h5-12,17H,4H2,1-3H3,(H,24,26)(H,27,28). The van der Waals surface area contributed by atoms with Gasteiger partial charge in [-0.15, -0.1) is 11.3 Å². The summed E-state index contributed by atoms with van der Waals surface area (Å²) in [5.74, 6) is 0.712. The number of methoxy groups -OCH3 is 1. The lowest BCUT2D eigenvalue weighted by Crippen LogP contribution is -2.29. The van der Waals surface area contributed by atoms with E-state index in [2.05, 4.69) is 4.98 Å². The summed E-state index contributed by atoms with van der Waals surface area (Å²) in [5.41, 5.74) is 3.43. The first-order chi connectivity index (χ1) is 14.5. The lowest BCUT2D eigenvalue weighted by molar-refractivity contribution is 0.137. The molecule has 4 rings (SSSR count). The number of nitrogens with zero attached hydrogens (tertiary/aromatic N) is 1. The SMILES string of the molecule is CCC(c1ccc(-c2c(OC)ccc3[nH]c(=O)c4sccc4c23)cc1)N(C)C(=O)O. The van der Waals surface area contributed by atoms with E-state index < -0.39 is 6.09 Å². The number of amides is 1. The number of benzene rings is 2. The fraction of sp³-hybridized carbons (Fsp3) is 0.217. The summed E-state index contributed by atoms with van der Waals surface area (Å²) in [5, 5.41) is 13.1. The second-order valence-electron chi connectivity index (χ2n) is 7.12. The molecule has 0 saturated heterocycles. The van der Waals surface area contributed by atoms with E-state index in [1.165, 1.54) is 16.2 Å². The molecule has 4 aromatic rings. The predicted molar refractivity (Wildman–Crippen MR) is 121 cm³/mol. The van der Waals surface area contributed by atoms with Crippen molar-refractivity contribution < 1.29 is 14.6 Å². The van der Waals surface area contributed by atoms with Gasteiger partial charge in [0, 0.05) is 28.9 Å². The molecule has 7 heteroatoms. The number of hydrogen-bond acceptors (Lipinski definition) is 4. The zero-order chi connectivity index (χ0) is 21.4. The highest BCUT2D eigenvalue weighted by atomic mass is 32.1. The quantitative estimate of drug-likeness (QED) is 0.446. The van der Waals surface area contributed by atoms with Crippen molar-refractivity contribution in [3.63, 3.8) is 0 Å². The van der Waals surface area contributed by atoms with Crippen LogP contribution in [0.25, 0.3) is 32.1 Å². The molecule has 30 heavy (non-hydrogen) atoms. The molecule has 1 amide bonds. The molecule has 0 radical (unpaired) electrons. The number of hydrogen-bond donors (Lipinski definition) is 2. The van der Waals surface area contributed by atoms with Crippen LogP contribution < -0.4 is 10.3 Å². The van der Waals surface area contributed by atoms with Crippen LogP contribution >= 0.6 is 11.3 Å². The van der Waals surface area contributed by atoms with Crippen LogP contribution in [0.4, 0.5) is 4.79 Å². The van der Waals surface area contributed by atoms with Gasteiger partial charge in [-0.25, -0.2) is 4.79 Å². The molecule has 0 aliphatic rings. The molecule has 1 atom stereocenters. The number of thiophene rings is 1. The number of ether oxygens (including phenoxy) is 1. The third-order valence-corrected chi connectivity index (χ3v) is 6.43. The first kappa shape index (κ1) is 20.0. The van der Waals surface area contributed by atoms with Gasteiger partial charge in [0.05, 0.1) is 13.2 Å². The minimum atomic E-state index is -0.953. The van der Waals surface area contributed by atoms with Crippen molar-refractivity contribution in [2.24, 2.45) is 0 Å². The number of H-pyrrole nitrogens is 1. The Balaban J connectivity index is 1.92. The second kappa shape index (κ2) is 7.84. The van der Waals surface area contributed by atoms with Crippen LogP contribution in [0.3, 0.4) is 0 Å². The Labute approximate surface area is 177 Å². The first-order valence-corrected chi connectivity index (χ1v) is 10.5. The highest BCUT2D eigenvalue weighted by Crippen LogP contribution is 2.40. The molecular formula is C23H22N2O4S. The lowest BCUT2D eigenvalue weighted by atomic mass is 9.94. The van der Waals surface area contributed by atoms with E-state index >= 15 is 0 Å². The Morgan fingerprint density at radius 3 is 2.57 bits per heavy atom. The summed E-state index contributed by atoms with van der Waals surface area (Å²) in [6.07, 6.45) is -0.276. The van der Waals surface area contributed by atoms with E-state index in [9.17, 15) is 14.7 Å². The minimum absolute atomic E-state index is 0.0959. The van der Waals surface area contributed by atoms with Gasteiger partial charge in [-0.2, -0.15) is 0 Å². The third-order valence-electron chi connectivity index (χ3n) is 5.52. The zero-order valence-corrected chi connectivity index (χ0v) is 17.7. The Morgan fingerprint density at radius 2 is 1.93 bits per heavy atom. The van der Waals surface area contributed by atoms with Crippen molar-refractivity contribution in [3.05, 3.63) is 63.8 Å². The Kier molecular flexibility index (Phi) is 5.22. The molecular weight excluding hydrogens is 400 g/mol. The van der Waals surface area contributed by atoms with Crippen LogP contribution in [0.1, 0.15) is 24.9 Å². The molecule has 1 unspecified atom stereocenters. The Bertz CT molecular complexity index is 1290. The van der Waals surface area contributed by atoms with Crippen molar-refractivity contribution >= 4 is 38.4 Å². The van der Waals surface area contributed by atoms with Crippen LogP contribution in [-0.2, 0) is 0 Å². The highest BCUT2D eigenvalue weighted by Gasteiger charge is 2.20. The van der Waals surface area contributed by atoms with Crippen LogP contribution in [-0.4, -0.2) is 35.2 Å². The van der Waals surface area contributed by atoms with E-state index in [0.717, 1.165) is 33.0 Å². The van der Waals surface area contributed by atoms with Crippen molar-refractivity contribution in [2.75, 3.05) is 14.2 Å². The fourth-order valence-electron chi connectivity index (χ4n) is 4.02. The normalized spacial score (nSPS) is 12.2. The topological polar surface area (TPSA) is 82.6 Å². The number of aromatic amines is 1. The van der Waals surface area contributed by atoms with Gasteiger partial charge in [0.2, 0.25) is 0 Å². The third kappa shape index (κ3) is 3.21. The van der Waals surface area contributed by atoms with Crippen molar-refractivity contribution in [1.82, 2.24) is 9.88 Å². The van der Waals surface area contributed by atoms with Gasteiger partial charge >= 0.3 is 6.09 Å². The first-order valence-electron chi connectivity index (χ1n) is 9.62. The van der Waals surface area contributed by atoms with E-state index in [1.807, 2.05) is 54.8 Å². The highest BCUT2D eigenvalue weighted by molar-refractivity contribution is 7.17. The molecule has 0 aliphatic carbocycles. The molecule has 0 saturated carbocycles. The van der Waals surface area contributed by atoms with Crippen LogP contribution in [0.2, 0.25) is 0 Å². The molecule has 2 aromatic heterocycles. The average molecular weight is 423 g/mol. The summed E-state index contributed by atoms with van der Waals surface area (Å²) in [4.78, 5) is 28.1. The summed E-state index contributed by atoms with van der Waals surface area (Å²) < 4.78 is 6.34. The van der Waals surface area contributed by atoms with Gasteiger partial charge in [-0.3, -0.25) is 4.79 Å². The van der Waals surface area contributed by atoms with Gasteiger partial charge < -0.3 is 19.7 Å². The lowest BCUT2D eigenvalue weighted by Gasteiger charge is -2.25. The monoisotopic (exact) mass is 422 g/mol. The van der Waals surface area contributed by atoms with Crippen LogP contribution in [0.5, 0.6) is 5.75 Å². The largest absolute Gasteiger partial charge is 0.496 e. The summed E-state index contributed by atoms with van der Waals surface area (Å²) in [6, 6.07) is 13.3. The number of nitrogens with one attached hydrogen (secondary N) is 1. The van der Waals surface area contributed by atoms with Crippen molar-refractivity contribution in [2.45, 2.75) is 19.4 Å². The second-order valence-corrected chi connectivity index (χ2v) is 8.04. The summed E-state index contributed by atoms with van der Waals surface area (Å²) in [6.45, 7) is 1.97. The number of aromatic nitrogens is 1. The van der Waals surface area contributed by atoms with Gasteiger partial charge in [-0.1, -0.05) is 31.2 Å². The van der Waals surface area contributed by atoms with E-state index in [1.54, 1.807) is 14.2 Å². The predicted octanol–water partition coefficient (Wildman–Crippen LogP) is 5.48. The van der Waals surface area contributed by atoms with E-state index in [4.69, 9.17) is 4.74 Å². The zero-order valence-electron chi connectivity index (χ0n) is 16.9. The van der Waals surface area contributed by atoms with Crippen LogP contribution in [0.15, 0.2) is 52.6 Å². The Morgan fingerprint density at radius 1 is 1.20 bits per heavy atom. The van der Waals surface area contributed by atoms with Gasteiger partial charge in [0.1, 0.15) is 10.4 Å². The van der Waals surface area contributed by atoms with E-state index in [-0.39, 0.29) is 11.6 Å². The van der Waals surface area contributed by atoms with E-state index in [0.29, 0.717) is 16.9 Å². The maximum Gasteiger partial charge on any atom is 0.407 e. The molecule has 2 N–H and O–H groups in total. The summed E-state index contributed by atoms with van der Waals surface area (Å²) in [7, 11) is 3.21. The minimum Gasteiger partial charge on any atom is -0.496 e. The molecule has 6 nitrogen and oxygen atoms in total. The Hall–Kier alpha value is -3.32. The number of rotatable bonds is 5. The van der Waals surface area contributed by atoms with Crippen molar-refractivity contribution in [1.29, 1.82) is 0 Å². The molecule has 0 bridgehead atoms. The molecule has 2 aromatic carbocycles. The molecule has 0 aliphatic heterocycles. The number of pyridine rings is 1. The number of carbonyl (C=O) groups is 1. The average Bonchev–Trinajstić information content (AvgIpc) is 3.25. The number of fused-ring (bicyclic) bond motifs is 3.